The Morgan fingerprint density at radius 2 is 1.86 bits per heavy atom. The van der Waals surface area contributed by atoms with E-state index in [0.29, 0.717) is 0 Å². The van der Waals surface area contributed by atoms with Gasteiger partial charge in [0.2, 0.25) is 0 Å². The molecule has 1 aromatic carbocycles. The Morgan fingerprint density at radius 1 is 1.14 bits per heavy atom. The van der Waals surface area contributed by atoms with Gasteiger partial charge in [0.05, 0.1) is 6.04 Å². The van der Waals surface area contributed by atoms with Crippen LogP contribution in [-0.2, 0) is 0 Å². The fraction of sp³-hybridized carbons (Fsp3) is 0.167. The zero-order chi connectivity index (χ0) is 9.97. The number of hydrogen-bond donors (Lipinski definition) is 1. The normalized spacial score (nSPS) is 12.7. The summed E-state index contributed by atoms with van der Waals surface area (Å²) in [4.78, 5) is 1.31. The van der Waals surface area contributed by atoms with Gasteiger partial charge < -0.3 is 5.73 Å². The van der Waals surface area contributed by atoms with Gasteiger partial charge in [-0.25, -0.2) is 0 Å². The number of nitrogens with two attached hydrogens (primary N) is 1. The molecule has 1 unspecified atom stereocenters. The first-order valence-electron chi connectivity index (χ1n) is 4.63. The molecule has 14 heavy (non-hydrogen) atoms. The highest BCUT2D eigenvalue weighted by atomic mass is 32.1. The lowest BCUT2D eigenvalue weighted by Gasteiger charge is -2.09. The highest BCUT2D eigenvalue weighted by molar-refractivity contribution is 7.10. The molecule has 1 nitrogen and oxygen atoms in total. The molecule has 0 radical (unpaired) electrons. The first kappa shape index (κ1) is 9.44. The summed E-state index contributed by atoms with van der Waals surface area (Å²) in [6.45, 7) is 2.10. The topological polar surface area (TPSA) is 26.0 Å². The van der Waals surface area contributed by atoms with Crippen LogP contribution in [0.3, 0.4) is 0 Å². The largest absolute Gasteiger partial charge is 0.320 e. The quantitative estimate of drug-likeness (QED) is 0.797. The van der Waals surface area contributed by atoms with Crippen molar-refractivity contribution in [2.45, 2.75) is 13.0 Å². The summed E-state index contributed by atoms with van der Waals surface area (Å²) >= 11 is 1.75. The van der Waals surface area contributed by atoms with Crippen LogP contribution in [0.4, 0.5) is 0 Å². The number of aryl methyl sites for hydroxylation is 1. The molecular formula is C12H13NS. The van der Waals surface area contributed by atoms with E-state index in [0.717, 1.165) is 0 Å². The van der Waals surface area contributed by atoms with E-state index in [1.165, 1.54) is 16.0 Å². The van der Waals surface area contributed by atoms with E-state index in [1.54, 1.807) is 11.3 Å². The van der Waals surface area contributed by atoms with Crippen molar-refractivity contribution >= 4 is 11.3 Å². The summed E-state index contributed by atoms with van der Waals surface area (Å²) in [5.74, 6) is 0. The lowest BCUT2D eigenvalue weighted by molar-refractivity contribution is 0.876. The molecule has 1 heterocycles. The molecule has 72 valence electrons. The fourth-order valence-corrected chi connectivity index (χ4v) is 2.22. The Hall–Kier alpha value is -1.12. The van der Waals surface area contributed by atoms with Crippen LogP contribution in [-0.4, -0.2) is 0 Å². The monoisotopic (exact) mass is 203 g/mol. The van der Waals surface area contributed by atoms with Gasteiger partial charge in [-0.15, -0.1) is 11.3 Å². The molecule has 0 saturated heterocycles. The van der Waals surface area contributed by atoms with Gasteiger partial charge in [-0.05, 0) is 29.5 Å². The van der Waals surface area contributed by atoms with Crippen LogP contribution in [0.25, 0.3) is 0 Å². The van der Waals surface area contributed by atoms with Crippen LogP contribution in [0, 0.1) is 6.92 Å². The van der Waals surface area contributed by atoms with Crippen molar-refractivity contribution in [3.8, 4) is 0 Å². The maximum absolute atomic E-state index is 6.14. The van der Waals surface area contributed by atoms with Crippen LogP contribution in [0.1, 0.15) is 22.0 Å². The van der Waals surface area contributed by atoms with Gasteiger partial charge in [0.15, 0.2) is 0 Å². The Bertz CT molecular complexity index is 405. The van der Waals surface area contributed by atoms with Crippen LogP contribution in [0.2, 0.25) is 0 Å². The lowest BCUT2D eigenvalue weighted by Crippen LogP contribution is -2.10. The first-order valence-corrected chi connectivity index (χ1v) is 5.51. The van der Waals surface area contributed by atoms with Gasteiger partial charge in [0.1, 0.15) is 0 Å². The molecule has 2 rings (SSSR count). The van der Waals surface area contributed by atoms with Crippen LogP contribution in [0.15, 0.2) is 41.8 Å². The van der Waals surface area contributed by atoms with E-state index in [2.05, 4.69) is 30.5 Å². The third kappa shape index (κ3) is 1.86. The van der Waals surface area contributed by atoms with E-state index in [1.807, 2.05) is 18.2 Å². The van der Waals surface area contributed by atoms with Gasteiger partial charge in [-0.1, -0.05) is 30.3 Å². The molecule has 0 amide bonds. The summed E-state index contributed by atoms with van der Waals surface area (Å²) < 4.78 is 0. The van der Waals surface area contributed by atoms with Crippen molar-refractivity contribution < 1.29 is 0 Å². The standard InChI is InChI=1S/C12H13NS/c1-9-7-11(8-14-9)12(13)10-5-3-2-4-6-10/h2-8,12H,13H2,1H3. The fourth-order valence-electron chi connectivity index (χ4n) is 1.48. The van der Waals surface area contributed by atoms with Crippen molar-refractivity contribution in [2.24, 2.45) is 5.73 Å². The second-order valence-corrected chi connectivity index (χ2v) is 4.49. The van der Waals surface area contributed by atoms with E-state index in [4.69, 9.17) is 5.73 Å². The van der Waals surface area contributed by atoms with Crippen LogP contribution >= 0.6 is 11.3 Å². The minimum atomic E-state index is 0.0150. The van der Waals surface area contributed by atoms with Crippen molar-refractivity contribution in [1.82, 2.24) is 0 Å². The maximum Gasteiger partial charge on any atom is 0.0559 e. The molecule has 0 aliphatic rings. The molecule has 0 spiro atoms. The molecule has 1 atom stereocenters. The van der Waals surface area contributed by atoms with Gasteiger partial charge in [-0.3, -0.25) is 0 Å². The van der Waals surface area contributed by atoms with Gasteiger partial charge in [0, 0.05) is 4.88 Å². The van der Waals surface area contributed by atoms with E-state index in [9.17, 15) is 0 Å². The molecule has 2 N–H and O–H groups in total. The second-order valence-electron chi connectivity index (χ2n) is 3.38. The molecule has 0 aliphatic carbocycles. The highest BCUT2D eigenvalue weighted by Crippen LogP contribution is 2.23. The molecule has 1 aromatic heterocycles. The number of rotatable bonds is 2. The third-order valence-corrected chi connectivity index (χ3v) is 3.15. The third-order valence-electron chi connectivity index (χ3n) is 2.27. The van der Waals surface area contributed by atoms with Crippen molar-refractivity contribution in [3.63, 3.8) is 0 Å². The minimum Gasteiger partial charge on any atom is -0.320 e. The molecule has 2 heteroatoms. The molecule has 0 bridgehead atoms. The number of hydrogen-bond acceptors (Lipinski definition) is 2. The highest BCUT2D eigenvalue weighted by Gasteiger charge is 2.08. The van der Waals surface area contributed by atoms with Gasteiger partial charge in [-0.2, -0.15) is 0 Å². The smallest absolute Gasteiger partial charge is 0.0559 e. The minimum absolute atomic E-state index is 0.0150. The van der Waals surface area contributed by atoms with Crippen molar-refractivity contribution in [3.05, 3.63) is 57.8 Å². The van der Waals surface area contributed by atoms with E-state index in [-0.39, 0.29) is 6.04 Å². The zero-order valence-electron chi connectivity index (χ0n) is 8.10. The Morgan fingerprint density at radius 3 is 2.43 bits per heavy atom. The van der Waals surface area contributed by atoms with Gasteiger partial charge in [0.25, 0.3) is 0 Å². The summed E-state index contributed by atoms with van der Waals surface area (Å²) in [5.41, 5.74) is 8.52. The lowest BCUT2D eigenvalue weighted by atomic mass is 10.0. The van der Waals surface area contributed by atoms with E-state index >= 15 is 0 Å². The number of benzene rings is 1. The summed E-state index contributed by atoms with van der Waals surface area (Å²) in [6.07, 6.45) is 0. The number of thiophene rings is 1. The summed E-state index contributed by atoms with van der Waals surface area (Å²) in [6, 6.07) is 12.4. The second kappa shape index (κ2) is 3.95. The average Bonchev–Trinajstić information content (AvgIpc) is 2.65. The van der Waals surface area contributed by atoms with Crippen molar-refractivity contribution in [2.75, 3.05) is 0 Å². The van der Waals surface area contributed by atoms with Gasteiger partial charge >= 0.3 is 0 Å². The Labute approximate surface area is 88.2 Å². The average molecular weight is 203 g/mol. The van der Waals surface area contributed by atoms with Crippen molar-refractivity contribution in [1.29, 1.82) is 0 Å². The zero-order valence-corrected chi connectivity index (χ0v) is 8.92. The first-order chi connectivity index (χ1) is 6.77. The predicted molar refractivity (Wildman–Crippen MR) is 61.5 cm³/mol. The molecule has 2 aromatic rings. The summed E-state index contributed by atoms with van der Waals surface area (Å²) in [5, 5.41) is 2.13. The van der Waals surface area contributed by atoms with Crippen LogP contribution in [0.5, 0.6) is 0 Å². The molecule has 0 aliphatic heterocycles. The maximum atomic E-state index is 6.14. The molecule has 0 saturated carbocycles. The predicted octanol–water partition coefficient (Wildman–Crippen LogP) is 3.10. The van der Waals surface area contributed by atoms with E-state index < -0.39 is 0 Å². The summed E-state index contributed by atoms with van der Waals surface area (Å²) in [7, 11) is 0. The van der Waals surface area contributed by atoms with Crippen LogP contribution < -0.4 is 5.73 Å². The molecular weight excluding hydrogens is 190 g/mol. The molecule has 0 fully saturated rings. The Balaban J connectivity index is 2.29. The Kier molecular flexibility index (Phi) is 2.66. The SMILES string of the molecule is Cc1cc(C(N)c2ccccc2)cs1.